The van der Waals surface area contributed by atoms with Gasteiger partial charge in [-0.3, -0.25) is 9.78 Å². The van der Waals surface area contributed by atoms with Crippen molar-refractivity contribution in [3.8, 4) is 0 Å². The SMILES string of the molecule is O=C(O)C1(CNc2cnc3ccccc3n2)CCOCC1. The van der Waals surface area contributed by atoms with E-state index in [1.807, 2.05) is 24.3 Å². The lowest BCUT2D eigenvalue weighted by molar-refractivity contribution is -0.153. The Labute approximate surface area is 122 Å². The number of nitrogens with one attached hydrogen (secondary N) is 1. The van der Waals surface area contributed by atoms with Gasteiger partial charge in [0.25, 0.3) is 0 Å². The fourth-order valence-corrected chi connectivity index (χ4v) is 2.53. The molecule has 6 nitrogen and oxygen atoms in total. The van der Waals surface area contributed by atoms with E-state index < -0.39 is 11.4 Å². The average Bonchev–Trinajstić information content (AvgIpc) is 2.53. The van der Waals surface area contributed by atoms with Crippen LogP contribution in [0, 0.1) is 5.41 Å². The second kappa shape index (κ2) is 5.65. The van der Waals surface area contributed by atoms with Crippen LogP contribution < -0.4 is 5.32 Å². The Hall–Kier alpha value is -2.21. The Morgan fingerprint density at radius 1 is 1.29 bits per heavy atom. The summed E-state index contributed by atoms with van der Waals surface area (Å²) in [4.78, 5) is 20.3. The minimum absolute atomic E-state index is 0.332. The molecule has 3 rings (SSSR count). The molecule has 0 bridgehead atoms. The van der Waals surface area contributed by atoms with Crippen LogP contribution in [0.4, 0.5) is 5.82 Å². The van der Waals surface area contributed by atoms with Gasteiger partial charge in [-0.25, -0.2) is 4.98 Å². The summed E-state index contributed by atoms with van der Waals surface area (Å²) in [5.41, 5.74) is 0.826. The zero-order chi connectivity index (χ0) is 14.7. The molecule has 0 aliphatic carbocycles. The summed E-state index contributed by atoms with van der Waals surface area (Å²) in [6, 6.07) is 7.59. The van der Waals surface area contributed by atoms with E-state index in [-0.39, 0.29) is 0 Å². The topological polar surface area (TPSA) is 84.3 Å². The van der Waals surface area contributed by atoms with Crippen molar-refractivity contribution >= 4 is 22.8 Å². The van der Waals surface area contributed by atoms with E-state index in [0.717, 1.165) is 11.0 Å². The Kier molecular flexibility index (Phi) is 3.70. The van der Waals surface area contributed by atoms with Crippen molar-refractivity contribution in [3.05, 3.63) is 30.5 Å². The maximum atomic E-state index is 11.6. The van der Waals surface area contributed by atoms with Gasteiger partial charge in [0.05, 0.1) is 22.6 Å². The number of nitrogens with zero attached hydrogens (tertiary/aromatic N) is 2. The minimum Gasteiger partial charge on any atom is -0.481 e. The summed E-state index contributed by atoms with van der Waals surface area (Å²) < 4.78 is 5.27. The van der Waals surface area contributed by atoms with Gasteiger partial charge in [-0.1, -0.05) is 12.1 Å². The molecule has 1 aliphatic heterocycles. The van der Waals surface area contributed by atoms with Crippen molar-refractivity contribution in [1.29, 1.82) is 0 Å². The van der Waals surface area contributed by atoms with Crippen molar-refractivity contribution in [3.63, 3.8) is 0 Å². The van der Waals surface area contributed by atoms with E-state index >= 15 is 0 Å². The van der Waals surface area contributed by atoms with Crippen LogP contribution in [-0.2, 0) is 9.53 Å². The number of rotatable bonds is 4. The first-order valence-corrected chi connectivity index (χ1v) is 6.96. The second-order valence-corrected chi connectivity index (χ2v) is 5.30. The van der Waals surface area contributed by atoms with Crippen LogP contribution in [0.3, 0.4) is 0 Å². The van der Waals surface area contributed by atoms with Crippen molar-refractivity contribution in [2.24, 2.45) is 5.41 Å². The van der Waals surface area contributed by atoms with Gasteiger partial charge < -0.3 is 15.2 Å². The summed E-state index contributed by atoms with van der Waals surface area (Å²) in [5, 5.41) is 12.6. The van der Waals surface area contributed by atoms with E-state index in [1.165, 1.54) is 0 Å². The number of hydrogen-bond acceptors (Lipinski definition) is 5. The van der Waals surface area contributed by atoms with Crippen LogP contribution in [0.5, 0.6) is 0 Å². The summed E-state index contributed by atoms with van der Waals surface area (Å²) in [6.07, 6.45) is 2.66. The molecule has 6 heteroatoms. The third-order valence-corrected chi connectivity index (χ3v) is 3.96. The summed E-state index contributed by atoms with van der Waals surface area (Å²) in [6.45, 7) is 1.30. The molecule has 2 N–H and O–H groups in total. The summed E-state index contributed by atoms with van der Waals surface area (Å²) in [7, 11) is 0. The first kappa shape index (κ1) is 13.8. The molecule has 1 aliphatic rings. The molecular formula is C15H17N3O3. The van der Waals surface area contributed by atoms with Crippen LogP contribution in [0.2, 0.25) is 0 Å². The van der Waals surface area contributed by atoms with Gasteiger partial charge in [-0.15, -0.1) is 0 Å². The minimum atomic E-state index is -0.786. The van der Waals surface area contributed by atoms with E-state index in [2.05, 4.69) is 15.3 Å². The molecule has 0 spiro atoms. The van der Waals surface area contributed by atoms with Crippen LogP contribution >= 0.6 is 0 Å². The molecule has 2 aromatic rings. The molecule has 1 saturated heterocycles. The lowest BCUT2D eigenvalue weighted by Gasteiger charge is -2.33. The number of aromatic nitrogens is 2. The zero-order valence-electron chi connectivity index (χ0n) is 11.6. The number of anilines is 1. The van der Waals surface area contributed by atoms with Crippen molar-refractivity contribution in [2.75, 3.05) is 25.1 Å². The number of aliphatic carboxylic acids is 1. The molecule has 110 valence electrons. The van der Waals surface area contributed by atoms with Gasteiger partial charge in [-0.05, 0) is 25.0 Å². The lowest BCUT2D eigenvalue weighted by atomic mass is 9.80. The van der Waals surface area contributed by atoms with E-state index in [9.17, 15) is 9.90 Å². The highest BCUT2D eigenvalue weighted by Gasteiger charge is 2.40. The number of carboxylic acids is 1. The molecule has 1 aromatic carbocycles. The van der Waals surface area contributed by atoms with E-state index in [4.69, 9.17) is 4.74 Å². The van der Waals surface area contributed by atoms with E-state index in [0.29, 0.717) is 38.4 Å². The highest BCUT2D eigenvalue weighted by Crippen LogP contribution is 2.31. The van der Waals surface area contributed by atoms with Crippen molar-refractivity contribution < 1.29 is 14.6 Å². The van der Waals surface area contributed by atoms with Crippen LogP contribution in [0.25, 0.3) is 11.0 Å². The van der Waals surface area contributed by atoms with Crippen LogP contribution in [0.15, 0.2) is 30.5 Å². The molecule has 0 atom stereocenters. The predicted octanol–water partition coefficient (Wildman–Crippen LogP) is 1.92. The average molecular weight is 287 g/mol. The Morgan fingerprint density at radius 2 is 2.00 bits per heavy atom. The molecule has 1 aromatic heterocycles. The molecular weight excluding hydrogens is 270 g/mol. The highest BCUT2D eigenvalue weighted by atomic mass is 16.5. The normalized spacial score (nSPS) is 17.5. The fourth-order valence-electron chi connectivity index (χ4n) is 2.53. The Morgan fingerprint density at radius 3 is 2.71 bits per heavy atom. The Balaban J connectivity index is 1.76. The van der Waals surface area contributed by atoms with Gasteiger partial charge in [0, 0.05) is 19.8 Å². The number of carbonyl (C=O) groups is 1. The predicted molar refractivity (Wildman–Crippen MR) is 78.1 cm³/mol. The lowest BCUT2D eigenvalue weighted by Crippen LogP contribution is -2.42. The first-order valence-electron chi connectivity index (χ1n) is 6.96. The molecule has 21 heavy (non-hydrogen) atoms. The van der Waals surface area contributed by atoms with E-state index in [1.54, 1.807) is 6.20 Å². The summed E-state index contributed by atoms with van der Waals surface area (Å²) >= 11 is 0. The number of ether oxygens (including phenoxy) is 1. The van der Waals surface area contributed by atoms with Crippen molar-refractivity contribution in [1.82, 2.24) is 9.97 Å². The largest absolute Gasteiger partial charge is 0.481 e. The fraction of sp³-hybridized carbons (Fsp3) is 0.400. The third kappa shape index (κ3) is 2.80. The smallest absolute Gasteiger partial charge is 0.311 e. The molecule has 0 saturated carbocycles. The maximum Gasteiger partial charge on any atom is 0.311 e. The van der Waals surface area contributed by atoms with Gasteiger partial charge >= 0.3 is 5.97 Å². The van der Waals surface area contributed by atoms with Crippen LogP contribution in [0.1, 0.15) is 12.8 Å². The number of carboxylic acid groups (broad SMARTS) is 1. The number of hydrogen-bond donors (Lipinski definition) is 2. The van der Waals surface area contributed by atoms with Gasteiger partial charge in [0.1, 0.15) is 5.82 Å². The Bertz CT molecular complexity index is 653. The zero-order valence-corrected chi connectivity index (χ0v) is 11.6. The monoisotopic (exact) mass is 287 g/mol. The molecule has 2 heterocycles. The number of fused-ring (bicyclic) bond motifs is 1. The molecule has 0 amide bonds. The van der Waals surface area contributed by atoms with Gasteiger partial charge in [0.15, 0.2) is 0 Å². The molecule has 1 fully saturated rings. The molecule has 0 radical (unpaired) electrons. The second-order valence-electron chi connectivity index (χ2n) is 5.30. The van der Waals surface area contributed by atoms with Crippen LogP contribution in [-0.4, -0.2) is 40.8 Å². The summed E-state index contributed by atoms with van der Waals surface area (Å²) in [5.74, 6) is -0.187. The maximum absolute atomic E-state index is 11.6. The number of benzene rings is 1. The highest BCUT2D eigenvalue weighted by molar-refractivity contribution is 5.77. The molecule has 0 unspecified atom stereocenters. The standard InChI is InChI=1S/C15H17N3O3/c19-14(20)15(5-7-21-8-6-15)10-17-13-9-16-11-3-1-2-4-12(11)18-13/h1-4,9H,5-8,10H2,(H,17,18)(H,19,20). The van der Waals surface area contributed by atoms with Gasteiger partial charge in [0.2, 0.25) is 0 Å². The third-order valence-electron chi connectivity index (χ3n) is 3.96. The number of para-hydroxylation sites is 2. The van der Waals surface area contributed by atoms with Crippen molar-refractivity contribution in [2.45, 2.75) is 12.8 Å². The first-order chi connectivity index (χ1) is 10.2. The van der Waals surface area contributed by atoms with Gasteiger partial charge in [-0.2, -0.15) is 0 Å². The quantitative estimate of drug-likeness (QED) is 0.893.